The molecular weight excluding hydrogens is 235 g/mol. The first-order valence-corrected chi connectivity index (χ1v) is 6.09. The summed E-state index contributed by atoms with van der Waals surface area (Å²) in [7, 11) is 0. The number of amides is 1. The van der Waals surface area contributed by atoms with E-state index in [1.807, 2.05) is 0 Å². The summed E-state index contributed by atoms with van der Waals surface area (Å²) in [6.07, 6.45) is 2.68. The van der Waals surface area contributed by atoms with Crippen molar-refractivity contribution in [3.63, 3.8) is 0 Å². The maximum atomic E-state index is 12.6. The van der Waals surface area contributed by atoms with Gasteiger partial charge in [0.25, 0.3) is 0 Å². The zero-order valence-corrected chi connectivity index (χ0v) is 10.3. The van der Waals surface area contributed by atoms with Gasteiger partial charge in [-0.05, 0) is 50.1 Å². The zero-order valence-electron chi connectivity index (χ0n) is 10.3. The molecule has 0 bridgehead atoms. The lowest BCUT2D eigenvalue weighted by molar-refractivity contribution is -0.115. The van der Waals surface area contributed by atoms with Crippen molar-refractivity contribution < 1.29 is 14.3 Å². The van der Waals surface area contributed by atoms with Crippen molar-refractivity contribution >= 4 is 11.6 Å². The topological polar surface area (TPSA) is 61.4 Å². The summed E-state index contributed by atoms with van der Waals surface area (Å²) in [5.74, 6) is -0.473. The first-order chi connectivity index (χ1) is 8.72. The van der Waals surface area contributed by atoms with E-state index < -0.39 is 0 Å². The number of halogens is 1. The van der Waals surface area contributed by atoms with Crippen molar-refractivity contribution in [2.24, 2.45) is 0 Å². The highest BCUT2D eigenvalue weighted by Gasteiger charge is 2.01. The highest BCUT2D eigenvalue weighted by molar-refractivity contribution is 5.92. The number of benzene rings is 1. The van der Waals surface area contributed by atoms with Crippen LogP contribution in [0.2, 0.25) is 0 Å². The van der Waals surface area contributed by atoms with Gasteiger partial charge in [0.1, 0.15) is 5.82 Å². The summed E-state index contributed by atoms with van der Waals surface area (Å²) in [5, 5.41) is 14.3. The summed E-state index contributed by atoms with van der Waals surface area (Å²) < 4.78 is 12.6. The van der Waals surface area contributed by atoms with Gasteiger partial charge in [-0.2, -0.15) is 0 Å². The van der Waals surface area contributed by atoms with E-state index in [2.05, 4.69) is 10.6 Å². The Morgan fingerprint density at radius 3 is 2.56 bits per heavy atom. The van der Waals surface area contributed by atoms with E-state index >= 15 is 0 Å². The van der Waals surface area contributed by atoms with Crippen molar-refractivity contribution in [3.05, 3.63) is 30.1 Å². The normalized spacial score (nSPS) is 10.3. The van der Waals surface area contributed by atoms with Gasteiger partial charge in [-0.1, -0.05) is 0 Å². The van der Waals surface area contributed by atoms with E-state index in [1.54, 1.807) is 0 Å². The predicted octanol–water partition coefficient (Wildman–Crippen LogP) is 1.52. The molecule has 1 aromatic carbocycles. The molecule has 4 nitrogen and oxygen atoms in total. The van der Waals surface area contributed by atoms with Crippen LogP contribution in [0.3, 0.4) is 0 Å². The lowest BCUT2D eigenvalue weighted by Crippen LogP contribution is -2.28. The van der Waals surface area contributed by atoms with E-state index in [1.165, 1.54) is 24.3 Å². The smallest absolute Gasteiger partial charge is 0.238 e. The molecule has 0 aliphatic carbocycles. The molecule has 0 fully saturated rings. The second-order valence-corrected chi connectivity index (χ2v) is 4.02. The number of aliphatic hydroxyl groups excluding tert-OH is 1. The molecule has 0 spiro atoms. The molecule has 0 heterocycles. The Hall–Kier alpha value is -1.46. The van der Waals surface area contributed by atoms with Gasteiger partial charge in [0.2, 0.25) is 5.91 Å². The number of aliphatic hydroxyl groups is 1. The summed E-state index contributed by atoms with van der Waals surface area (Å²) >= 11 is 0. The van der Waals surface area contributed by atoms with Gasteiger partial charge in [0, 0.05) is 12.3 Å². The van der Waals surface area contributed by atoms with Crippen LogP contribution in [0.4, 0.5) is 10.1 Å². The number of hydrogen-bond acceptors (Lipinski definition) is 3. The van der Waals surface area contributed by atoms with Crippen LogP contribution < -0.4 is 10.6 Å². The quantitative estimate of drug-likeness (QED) is 0.616. The minimum absolute atomic E-state index is 0.149. The van der Waals surface area contributed by atoms with E-state index in [0.717, 1.165) is 25.8 Å². The molecule has 0 aliphatic heterocycles. The summed E-state index contributed by atoms with van der Waals surface area (Å²) in [4.78, 5) is 11.5. The molecule has 100 valence electrons. The summed E-state index contributed by atoms with van der Waals surface area (Å²) in [6.45, 7) is 1.19. The minimum atomic E-state index is -0.324. The third-order valence-corrected chi connectivity index (χ3v) is 2.43. The second-order valence-electron chi connectivity index (χ2n) is 4.02. The van der Waals surface area contributed by atoms with Crippen LogP contribution in [0.5, 0.6) is 0 Å². The predicted molar refractivity (Wildman–Crippen MR) is 68.8 cm³/mol. The minimum Gasteiger partial charge on any atom is -0.396 e. The maximum Gasteiger partial charge on any atom is 0.238 e. The molecule has 3 N–H and O–H groups in total. The molecule has 0 unspecified atom stereocenters. The van der Waals surface area contributed by atoms with Gasteiger partial charge in [-0.25, -0.2) is 4.39 Å². The SMILES string of the molecule is O=C(CNCCCCCO)Nc1ccc(F)cc1. The number of nitrogens with one attached hydrogen (secondary N) is 2. The molecule has 18 heavy (non-hydrogen) atoms. The monoisotopic (exact) mass is 254 g/mol. The van der Waals surface area contributed by atoms with Crippen LogP contribution in [0.15, 0.2) is 24.3 Å². The van der Waals surface area contributed by atoms with Crippen LogP contribution in [0.25, 0.3) is 0 Å². The first-order valence-electron chi connectivity index (χ1n) is 6.09. The number of hydrogen-bond donors (Lipinski definition) is 3. The van der Waals surface area contributed by atoms with Gasteiger partial charge in [0.05, 0.1) is 6.54 Å². The number of rotatable bonds is 8. The fourth-order valence-corrected chi connectivity index (χ4v) is 1.48. The Morgan fingerprint density at radius 2 is 1.89 bits per heavy atom. The zero-order chi connectivity index (χ0) is 13.2. The molecule has 1 amide bonds. The van der Waals surface area contributed by atoms with Crippen LogP contribution in [-0.2, 0) is 4.79 Å². The fourth-order valence-electron chi connectivity index (χ4n) is 1.48. The molecule has 1 aromatic rings. The largest absolute Gasteiger partial charge is 0.396 e. The Kier molecular flexibility index (Phi) is 6.98. The third-order valence-electron chi connectivity index (χ3n) is 2.43. The molecule has 0 radical (unpaired) electrons. The van der Waals surface area contributed by atoms with Gasteiger partial charge in [-0.15, -0.1) is 0 Å². The van der Waals surface area contributed by atoms with E-state index in [4.69, 9.17) is 5.11 Å². The first kappa shape index (κ1) is 14.6. The van der Waals surface area contributed by atoms with Crippen LogP contribution in [0.1, 0.15) is 19.3 Å². The Balaban J connectivity index is 2.12. The Morgan fingerprint density at radius 1 is 1.17 bits per heavy atom. The van der Waals surface area contributed by atoms with E-state index in [-0.39, 0.29) is 24.9 Å². The number of carbonyl (C=O) groups excluding carboxylic acids is 1. The van der Waals surface area contributed by atoms with Gasteiger partial charge < -0.3 is 15.7 Å². The molecule has 0 saturated carbocycles. The van der Waals surface area contributed by atoms with Crippen molar-refractivity contribution in [3.8, 4) is 0 Å². The van der Waals surface area contributed by atoms with Crippen LogP contribution in [-0.4, -0.2) is 30.7 Å². The highest BCUT2D eigenvalue weighted by Crippen LogP contribution is 2.07. The van der Waals surface area contributed by atoms with Crippen molar-refractivity contribution in [2.45, 2.75) is 19.3 Å². The average molecular weight is 254 g/mol. The van der Waals surface area contributed by atoms with Gasteiger partial charge in [0.15, 0.2) is 0 Å². The molecule has 0 aromatic heterocycles. The fraction of sp³-hybridized carbons (Fsp3) is 0.462. The van der Waals surface area contributed by atoms with Crippen molar-refractivity contribution in [1.29, 1.82) is 0 Å². The standard InChI is InChI=1S/C13H19FN2O2/c14-11-4-6-12(7-5-11)16-13(18)10-15-8-2-1-3-9-17/h4-7,15,17H,1-3,8-10H2,(H,16,18). The third kappa shape index (κ3) is 6.32. The highest BCUT2D eigenvalue weighted by atomic mass is 19.1. The van der Waals surface area contributed by atoms with Gasteiger partial charge in [-0.3, -0.25) is 4.79 Å². The Bertz CT molecular complexity index is 355. The van der Waals surface area contributed by atoms with Crippen LogP contribution >= 0.6 is 0 Å². The molecule has 5 heteroatoms. The molecule has 0 aliphatic rings. The van der Waals surface area contributed by atoms with E-state index in [9.17, 15) is 9.18 Å². The lowest BCUT2D eigenvalue weighted by Gasteiger charge is -2.06. The molecule has 1 rings (SSSR count). The second kappa shape index (κ2) is 8.60. The van der Waals surface area contributed by atoms with Crippen LogP contribution in [0, 0.1) is 5.82 Å². The lowest BCUT2D eigenvalue weighted by atomic mass is 10.2. The van der Waals surface area contributed by atoms with E-state index in [0.29, 0.717) is 5.69 Å². The maximum absolute atomic E-state index is 12.6. The molecular formula is C13H19FN2O2. The molecule has 0 atom stereocenters. The summed E-state index contributed by atoms with van der Waals surface area (Å²) in [5.41, 5.74) is 0.587. The number of carbonyl (C=O) groups is 1. The number of anilines is 1. The summed E-state index contributed by atoms with van der Waals surface area (Å²) in [6, 6.07) is 5.65. The Labute approximate surface area is 106 Å². The van der Waals surface area contributed by atoms with Crippen molar-refractivity contribution in [1.82, 2.24) is 5.32 Å². The van der Waals surface area contributed by atoms with Crippen molar-refractivity contribution in [2.75, 3.05) is 25.0 Å². The number of unbranched alkanes of at least 4 members (excludes halogenated alkanes) is 2. The molecule has 0 saturated heterocycles. The average Bonchev–Trinajstić information content (AvgIpc) is 2.36. The van der Waals surface area contributed by atoms with Gasteiger partial charge >= 0.3 is 0 Å².